The second-order valence-electron chi connectivity index (χ2n) is 6.87. The van der Waals surface area contributed by atoms with E-state index in [4.69, 9.17) is 9.47 Å². The third-order valence-electron chi connectivity index (χ3n) is 4.80. The Morgan fingerprint density at radius 1 is 1.16 bits per heavy atom. The van der Waals surface area contributed by atoms with E-state index in [0.29, 0.717) is 17.6 Å². The van der Waals surface area contributed by atoms with Gasteiger partial charge in [0.2, 0.25) is 0 Å². The van der Waals surface area contributed by atoms with Gasteiger partial charge in [0.05, 0.1) is 30.5 Å². The first-order valence-corrected chi connectivity index (χ1v) is 11.7. The molecule has 1 atom stereocenters. The summed E-state index contributed by atoms with van der Waals surface area (Å²) in [7, 11) is 1.61. The zero-order valence-corrected chi connectivity index (χ0v) is 19.5. The van der Waals surface area contributed by atoms with Gasteiger partial charge in [-0.05, 0) is 50.2 Å². The molecule has 4 rings (SSSR count). The molecule has 0 N–H and O–H groups in total. The third kappa shape index (κ3) is 4.42. The summed E-state index contributed by atoms with van der Waals surface area (Å²) in [5.41, 5.74) is 1.65. The molecule has 0 saturated carbocycles. The number of benzene rings is 2. The van der Waals surface area contributed by atoms with Crippen molar-refractivity contribution in [2.24, 2.45) is 0 Å². The predicted octanol–water partition coefficient (Wildman–Crippen LogP) is 3.74. The minimum Gasteiger partial charge on any atom is -0.497 e. The van der Waals surface area contributed by atoms with Crippen LogP contribution in [0.3, 0.4) is 0 Å². The number of methoxy groups -OCH3 is 1. The number of esters is 1. The number of carbonyl (C=O) groups excluding carboxylic acids is 1. The SMILES string of the molecule is CCOC(=O)[C@@H](C)Sc1nnc(Cn2c(=O)sc3ccccc32)n1-c1ccc(OC)cc1. The number of nitrogens with zero attached hydrogens (tertiary/aromatic N) is 4. The Morgan fingerprint density at radius 3 is 2.62 bits per heavy atom. The summed E-state index contributed by atoms with van der Waals surface area (Å²) in [5, 5.41) is 8.78. The molecule has 2 aromatic carbocycles. The van der Waals surface area contributed by atoms with Gasteiger partial charge in [0.25, 0.3) is 0 Å². The van der Waals surface area contributed by atoms with Crippen LogP contribution in [0.1, 0.15) is 19.7 Å². The maximum absolute atomic E-state index is 12.7. The molecule has 10 heteroatoms. The van der Waals surface area contributed by atoms with Crippen molar-refractivity contribution in [3.05, 3.63) is 64.0 Å². The van der Waals surface area contributed by atoms with E-state index in [1.165, 1.54) is 23.1 Å². The minimum absolute atomic E-state index is 0.0652. The van der Waals surface area contributed by atoms with E-state index in [-0.39, 0.29) is 17.4 Å². The van der Waals surface area contributed by atoms with Crippen LogP contribution < -0.4 is 9.61 Å². The van der Waals surface area contributed by atoms with Crippen molar-refractivity contribution < 1.29 is 14.3 Å². The van der Waals surface area contributed by atoms with Gasteiger partial charge in [-0.2, -0.15) is 0 Å². The molecule has 0 unspecified atom stereocenters. The van der Waals surface area contributed by atoms with Crippen LogP contribution in [0.5, 0.6) is 5.75 Å². The van der Waals surface area contributed by atoms with Gasteiger partial charge >= 0.3 is 10.8 Å². The van der Waals surface area contributed by atoms with E-state index in [0.717, 1.165) is 21.7 Å². The number of hydrogen-bond donors (Lipinski definition) is 0. The van der Waals surface area contributed by atoms with Crippen molar-refractivity contribution in [3.63, 3.8) is 0 Å². The van der Waals surface area contributed by atoms with Crippen molar-refractivity contribution in [1.82, 2.24) is 19.3 Å². The second-order valence-corrected chi connectivity index (χ2v) is 9.17. The fourth-order valence-corrected chi connectivity index (χ4v) is 5.02. The van der Waals surface area contributed by atoms with Crippen LogP contribution in [0.2, 0.25) is 0 Å². The molecule has 0 bridgehead atoms. The third-order valence-corrected chi connectivity index (χ3v) is 6.79. The van der Waals surface area contributed by atoms with Crippen molar-refractivity contribution in [2.75, 3.05) is 13.7 Å². The lowest BCUT2D eigenvalue weighted by Gasteiger charge is -2.14. The summed E-state index contributed by atoms with van der Waals surface area (Å²) in [5.74, 6) is 0.986. The normalized spacial score (nSPS) is 12.1. The van der Waals surface area contributed by atoms with E-state index < -0.39 is 5.25 Å². The number of carbonyl (C=O) groups is 1. The number of thioether (sulfide) groups is 1. The van der Waals surface area contributed by atoms with E-state index in [9.17, 15) is 9.59 Å². The molecule has 0 radical (unpaired) electrons. The van der Waals surface area contributed by atoms with Gasteiger partial charge in [0, 0.05) is 5.69 Å². The Bertz CT molecular complexity index is 1290. The smallest absolute Gasteiger partial charge is 0.319 e. The molecule has 4 aromatic rings. The Balaban J connectivity index is 1.76. The zero-order chi connectivity index (χ0) is 22.7. The molecule has 0 saturated heterocycles. The largest absolute Gasteiger partial charge is 0.497 e. The monoisotopic (exact) mass is 470 g/mol. The topological polar surface area (TPSA) is 88.2 Å². The average molecular weight is 471 g/mol. The highest BCUT2D eigenvalue weighted by Gasteiger charge is 2.23. The quantitative estimate of drug-likeness (QED) is 0.286. The number of para-hydroxylation sites is 1. The van der Waals surface area contributed by atoms with Crippen LogP contribution in [0.25, 0.3) is 15.9 Å². The van der Waals surface area contributed by atoms with Crippen LogP contribution in [0.15, 0.2) is 58.5 Å². The van der Waals surface area contributed by atoms with Crippen molar-refractivity contribution >= 4 is 39.3 Å². The lowest BCUT2D eigenvalue weighted by Crippen LogP contribution is -2.18. The van der Waals surface area contributed by atoms with E-state index in [2.05, 4.69) is 10.2 Å². The molecule has 2 heterocycles. The Hall–Kier alpha value is -3.11. The first kappa shape index (κ1) is 22.1. The van der Waals surface area contributed by atoms with Crippen LogP contribution >= 0.6 is 23.1 Å². The fourth-order valence-electron chi connectivity index (χ4n) is 3.24. The number of fused-ring (bicyclic) bond motifs is 1. The summed E-state index contributed by atoms with van der Waals surface area (Å²) in [6.45, 7) is 4.10. The standard InChI is InChI=1S/C22H22N4O4S2/c1-4-30-20(27)14(2)31-21-24-23-19(26(21)15-9-11-16(29-3)12-10-15)13-25-17-7-5-6-8-18(17)32-22(25)28/h5-12,14H,4,13H2,1-3H3/t14-/m1/s1. The lowest BCUT2D eigenvalue weighted by molar-refractivity contribution is -0.142. The first-order valence-electron chi connectivity index (χ1n) is 10.0. The van der Waals surface area contributed by atoms with Crippen molar-refractivity contribution in [2.45, 2.75) is 30.8 Å². The molecule has 0 aliphatic rings. The van der Waals surface area contributed by atoms with Gasteiger partial charge in [0.15, 0.2) is 11.0 Å². The highest BCUT2D eigenvalue weighted by Crippen LogP contribution is 2.28. The van der Waals surface area contributed by atoms with Gasteiger partial charge < -0.3 is 9.47 Å². The molecular weight excluding hydrogens is 448 g/mol. The molecule has 0 aliphatic heterocycles. The Morgan fingerprint density at radius 2 is 1.91 bits per heavy atom. The maximum Gasteiger partial charge on any atom is 0.319 e. The number of thiazole rings is 1. The molecule has 0 amide bonds. The van der Waals surface area contributed by atoms with E-state index in [1.807, 2.05) is 53.1 Å². The van der Waals surface area contributed by atoms with Crippen molar-refractivity contribution in [1.29, 1.82) is 0 Å². The van der Waals surface area contributed by atoms with Crippen LogP contribution in [0, 0.1) is 0 Å². The van der Waals surface area contributed by atoms with Gasteiger partial charge in [-0.15, -0.1) is 10.2 Å². The fraction of sp³-hybridized carbons (Fsp3) is 0.273. The average Bonchev–Trinajstić information content (AvgIpc) is 3.34. The molecule has 0 spiro atoms. The number of aromatic nitrogens is 4. The summed E-state index contributed by atoms with van der Waals surface area (Å²) >= 11 is 2.46. The molecule has 0 fully saturated rings. The number of rotatable bonds is 8. The maximum atomic E-state index is 12.7. The molecule has 8 nitrogen and oxygen atoms in total. The van der Waals surface area contributed by atoms with Gasteiger partial charge in [0.1, 0.15) is 11.0 Å². The summed E-state index contributed by atoms with van der Waals surface area (Å²) in [4.78, 5) is 24.8. The van der Waals surface area contributed by atoms with Crippen LogP contribution in [-0.4, -0.2) is 44.3 Å². The van der Waals surface area contributed by atoms with Crippen LogP contribution in [-0.2, 0) is 16.1 Å². The zero-order valence-electron chi connectivity index (χ0n) is 17.8. The van der Waals surface area contributed by atoms with Gasteiger partial charge in [-0.25, -0.2) is 0 Å². The Kier molecular flexibility index (Phi) is 6.61. The molecule has 2 aromatic heterocycles. The summed E-state index contributed by atoms with van der Waals surface area (Å²) in [6.07, 6.45) is 0. The number of hydrogen-bond acceptors (Lipinski definition) is 8. The molecule has 32 heavy (non-hydrogen) atoms. The predicted molar refractivity (Wildman–Crippen MR) is 125 cm³/mol. The highest BCUT2D eigenvalue weighted by molar-refractivity contribution is 8.00. The second kappa shape index (κ2) is 9.58. The Labute approximate surface area is 192 Å². The van der Waals surface area contributed by atoms with Gasteiger partial charge in [-0.3, -0.25) is 18.7 Å². The van der Waals surface area contributed by atoms with Crippen LogP contribution in [0.4, 0.5) is 0 Å². The molecule has 166 valence electrons. The summed E-state index contributed by atoms with van der Waals surface area (Å²) < 4.78 is 14.9. The van der Waals surface area contributed by atoms with E-state index in [1.54, 1.807) is 25.5 Å². The lowest BCUT2D eigenvalue weighted by atomic mass is 10.3. The van der Waals surface area contributed by atoms with E-state index >= 15 is 0 Å². The highest BCUT2D eigenvalue weighted by atomic mass is 32.2. The molecule has 0 aliphatic carbocycles. The van der Waals surface area contributed by atoms with Gasteiger partial charge in [-0.1, -0.05) is 35.2 Å². The minimum atomic E-state index is -0.464. The number of ether oxygens (including phenoxy) is 2. The molecular formula is C22H22N4O4S2. The van der Waals surface area contributed by atoms with Crippen molar-refractivity contribution in [3.8, 4) is 11.4 Å². The first-order chi connectivity index (χ1) is 15.5. The summed E-state index contributed by atoms with van der Waals surface area (Å²) in [6, 6.07) is 15.1.